The van der Waals surface area contributed by atoms with E-state index in [2.05, 4.69) is 4.98 Å². The molecular formula is C13H17NO3. The van der Waals surface area contributed by atoms with Crippen LogP contribution in [-0.4, -0.2) is 22.7 Å². The number of aromatic carboxylic acids is 1. The first-order valence-electron chi connectivity index (χ1n) is 6.00. The minimum Gasteiger partial charge on any atom is -0.477 e. The van der Waals surface area contributed by atoms with E-state index < -0.39 is 5.97 Å². The number of hydrogen-bond donors (Lipinski definition) is 1. The summed E-state index contributed by atoms with van der Waals surface area (Å²) in [6, 6.07) is 3.24. The van der Waals surface area contributed by atoms with Gasteiger partial charge in [0.15, 0.2) is 0 Å². The van der Waals surface area contributed by atoms with Crippen molar-refractivity contribution in [2.75, 3.05) is 6.61 Å². The lowest BCUT2D eigenvalue weighted by atomic mass is 10.1. The average Bonchev–Trinajstić information content (AvgIpc) is 2.78. The van der Waals surface area contributed by atoms with E-state index >= 15 is 0 Å². The summed E-state index contributed by atoms with van der Waals surface area (Å²) >= 11 is 0. The second kappa shape index (κ2) is 5.17. The molecular weight excluding hydrogens is 218 g/mol. The van der Waals surface area contributed by atoms with E-state index in [1.54, 1.807) is 12.1 Å². The fraction of sp³-hybridized carbons (Fsp3) is 0.538. The van der Waals surface area contributed by atoms with E-state index in [0.29, 0.717) is 12.5 Å². The molecule has 4 nitrogen and oxygen atoms in total. The normalized spacial score (nSPS) is 16.1. The van der Waals surface area contributed by atoms with Crippen molar-refractivity contribution in [3.63, 3.8) is 0 Å². The van der Waals surface area contributed by atoms with Crippen LogP contribution < -0.4 is 4.74 Å². The Morgan fingerprint density at radius 2 is 2.18 bits per heavy atom. The Kier molecular flexibility index (Phi) is 3.61. The van der Waals surface area contributed by atoms with E-state index in [1.165, 1.54) is 25.7 Å². The first-order chi connectivity index (χ1) is 8.16. The van der Waals surface area contributed by atoms with Gasteiger partial charge in [-0.25, -0.2) is 9.78 Å². The number of pyridine rings is 1. The molecule has 17 heavy (non-hydrogen) atoms. The molecule has 1 fully saturated rings. The van der Waals surface area contributed by atoms with E-state index in [-0.39, 0.29) is 11.4 Å². The Morgan fingerprint density at radius 3 is 2.82 bits per heavy atom. The molecule has 0 aromatic carbocycles. The molecule has 0 radical (unpaired) electrons. The van der Waals surface area contributed by atoms with Crippen molar-refractivity contribution in [3.8, 4) is 5.88 Å². The Labute approximate surface area is 101 Å². The fourth-order valence-electron chi connectivity index (χ4n) is 2.18. The molecule has 0 bridgehead atoms. The number of nitrogens with zero attached hydrogens (tertiary/aromatic N) is 1. The van der Waals surface area contributed by atoms with Crippen molar-refractivity contribution in [2.24, 2.45) is 5.92 Å². The summed E-state index contributed by atoms with van der Waals surface area (Å²) in [5.41, 5.74) is 0.921. The predicted octanol–water partition coefficient (Wildman–Crippen LogP) is 2.66. The lowest BCUT2D eigenvalue weighted by Crippen LogP contribution is -2.12. The highest BCUT2D eigenvalue weighted by molar-refractivity contribution is 5.90. The van der Waals surface area contributed by atoms with Crippen LogP contribution in [0.1, 0.15) is 41.7 Å². The lowest BCUT2D eigenvalue weighted by Gasteiger charge is -2.12. The first-order valence-corrected chi connectivity index (χ1v) is 6.00. The number of rotatable bonds is 4. The van der Waals surface area contributed by atoms with E-state index in [0.717, 1.165) is 5.69 Å². The zero-order valence-corrected chi connectivity index (χ0v) is 9.98. The third-order valence-corrected chi connectivity index (χ3v) is 3.16. The number of aryl methyl sites for hydroxylation is 1. The fourth-order valence-corrected chi connectivity index (χ4v) is 2.18. The second-order valence-corrected chi connectivity index (χ2v) is 4.57. The molecule has 0 unspecified atom stereocenters. The Hall–Kier alpha value is -1.58. The van der Waals surface area contributed by atoms with Crippen LogP contribution in [0.3, 0.4) is 0 Å². The highest BCUT2D eigenvalue weighted by Gasteiger charge is 2.18. The van der Waals surface area contributed by atoms with Gasteiger partial charge in [-0.3, -0.25) is 0 Å². The van der Waals surface area contributed by atoms with Crippen LogP contribution >= 0.6 is 0 Å². The number of carboxylic acids is 1. The van der Waals surface area contributed by atoms with Crippen LogP contribution in [0.15, 0.2) is 12.1 Å². The summed E-state index contributed by atoms with van der Waals surface area (Å²) in [7, 11) is 0. The zero-order valence-electron chi connectivity index (χ0n) is 9.98. The molecule has 0 saturated heterocycles. The maximum absolute atomic E-state index is 11.0. The van der Waals surface area contributed by atoms with Crippen LogP contribution in [0, 0.1) is 12.8 Å². The van der Waals surface area contributed by atoms with Gasteiger partial charge in [-0.15, -0.1) is 0 Å². The maximum atomic E-state index is 11.0. The molecule has 1 saturated carbocycles. The van der Waals surface area contributed by atoms with Crippen molar-refractivity contribution in [2.45, 2.75) is 32.6 Å². The summed E-state index contributed by atoms with van der Waals surface area (Å²) in [5, 5.41) is 9.03. The predicted molar refractivity (Wildman–Crippen MR) is 63.4 cm³/mol. The summed E-state index contributed by atoms with van der Waals surface area (Å²) in [4.78, 5) is 15.2. The summed E-state index contributed by atoms with van der Waals surface area (Å²) in [6.07, 6.45) is 4.85. The minimum absolute atomic E-state index is 0.147. The van der Waals surface area contributed by atoms with Gasteiger partial charge in [-0.05, 0) is 37.8 Å². The third kappa shape index (κ3) is 2.96. The SMILES string of the molecule is Cc1ccc(C(=O)O)c(OCC2CCCC2)n1. The molecule has 1 aromatic heterocycles. The molecule has 0 atom stereocenters. The Bertz CT molecular complexity index is 411. The van der Waals surface area contributed by atoms with Gasteiger partial charge >= 0.3 is 5.97 Å². The molecule has 1 aliphatic rings. The van der Waals surface area contributed by atoms with Crippen LogP contribution in [0.25, 0.3) is 0 Å². The quantitative estimate of drug-likeness (QED) is 0.871. The topological polar surface area (TPSA) is 59.4 Å². The highest BCUT2D eigenvalue weighted by atomic mass is 16.5. The smallest absolute Gasteiger partial charge is 0.341 e. The number of aromatic nitrogens is 1. The van der Waals surface area contributed by atoms with Crippen molar-refractivity contribution in [3.05, 3.63) is 23.4 Å². The lowest BCUT2D eigenvalue weighted by molar-refractivity contribution is 0.0690. The first kappa shape index (κ1) is 11.9. The van der Waals surface area contributed by atoms with Crippen molar-refractivity contribution >= 4 is 5.97 Å². The summed E-state index contributed by atoms with van der Waals surface area (Å²) in [5.74, 6) is -0.178. The average molecular weight is 235 g/mol. The molecule has 92 valence electrons. The van der Waals surface area contributed by atoms with Crippen molar-refractivity contribution in [1.82, 2.24) is 4.98 Å². The number of carboxylic acid groups (broad SMARTS) is 1. The largest absolute Gasteiger partial charge is 0.477 e. The van der Waals surface area contributed by atoms with Gasteiger partial charge in [0.2, 0.25) is 5.88 Å². The van der Waals surface area contributed by atoms with Gasteiger partial charge in [0.25, 0.3) is 0 Å². The van der Waals surface area contributed by atoms with Crippen molar-refractivity contribution in [1.29, 1.82) is 0 Å². The number of hydrogen-bond acceptors (Lipinski definition) is 3. The second-order valence-electron chi connectivity index (χ2n) is 4.57. The molecule has 1 N–H and O–H groups in total. The van der Waals surface area contributed by atoms with Gasteiger partial charge < -0.3 is 9.84 Å². The number of carbonyl (C=O) groups is 1. The van der Waals surface area contributed by atoms with Crippen LogP contribution in [0.5, 0.6) is 5.88 Å². The van der Waals surface area contributed by atoms with Gasteiger partial charge in [-0.1, -0.05) is 12.8 Å². The summed E-state index contributed by atoms with van der Waals surface area (Å²) in [6.45, 7) is 2.41. The van der Waals surface area contributed by atoms with E-state index in [9.17, 15) is 4.79 Å². The minimum atomic E-state index is -0.987. The number of ether oxygens (including phenoxy) is 1. The molecule has 1 aliphatic carbocycles. The van der Waals surface area contributed by atoms with Crippen LogP contribution in [0.4, 0.5) is 0 Å². The third-order valence-electron chi connectivity index (χ3n) is 3.16. The molecule has 0 amide bonds. The Morgan fingerprint density at radius 1 is 1.47 bits per heavy atom. The molecule has 2 rings (SSSR count). The highest BCUT2D eigenvalue weighted by Crippen LogP contribution is 2.26. The van der Waals surface area contributed by atoms with E-state index in [4.69, 9.17) is 9.84 Å². The van der Waals surface area contributed by atoms with Gasteiger partial charge in [0.1, 0.15) is 5.56 Å². The monoisotopic (exact) mass is 235 g/mol. The molecule has 0 aliphatic heterocycles. The molecule has 0 spiro atoms. The molecule has 1 heterocycles. The van der Waals surface area contributed by atoms with Crippen LogP contribution in [0.2, 0.25) is 0 Å². The van der Waals surface area contributed by atoms with Gasteiger partial charge in [0.05, 0.1) is 6.61 Å². The summed E-state index contributed by atoms with van der Waals surface area (Å²) < 4.78 is 5.57. The zero-order chi connectivity index (χ0) is 12.3. The van der Waals surface area contributed by atoms with Crippen LogP contribution in [-0.2, 0) is 0 Å². The van der Waals surface area contributed by atoms with Gasteiger partial charge in [0, 0.05) is 5.69 Å². The van der Waals surface area contributed by atoms with Crippen molar-refractivity contribution < 1.29 is 14.6 Å². The standard InChI is InChI=1S/C13H17NO3/c1-9-6-7-11(13(15)16)12(14-9)17-8-10-4-2-3-5-10/h6-7,10H,2-5,8H2,1H3,(H,15,16). The maximum Gasteiger partial charge on any atom is 0.341 e. The van der Waals surface area contributed by atoms with Gasteiger partial charge in [-0.2, -0.15) is 0 Å². The Balaban J connectivity index is 2.07. The molecule has 4 heteroatoms. The molecule has 1 aromatic rings. The van der Waals surface area contributed by atoms with E-state index in [1.807, 2.05) is 6.92 Å².